The Morgan fingerprint density at radius 2 is 2.18 bits per heavy atom. The molecule has 1 aromatic rings. The van der Waals surface area contributed by atoms with Gasteiger partial charge in [-0.2, -0.15) is 0 Å². The van der Waals surface area contributed by atoms with Crippen molar-refractivity contribution in [1.29, 1.82) is 0 Å². The second-order valence-corrected chi connectivity index (χ2v) is 4.62. The summed E-state index contributed by atoms with van der Waals surface area (Å²) in [6.07, 6.45) is 3.27. The molecule has 1 fully saturated rings. The van der Waals surface area contributed by atoms with Crippen molar-refractivity contribution in [2.75, 3.05) is 11.9 Å². The van der Waals surface area contributed by atoms with Crippen LogP contribution in [-0.4, -0.2) is 28.7 Å². The normalized spacial score (nSPS) is 23.2. The molecule has 2 rings (SSSR count). The van der Waals surface area contributed by atoms with Crippen LogP contribution in [0.3, 0.4) is 0 Å². The summed E-state index contributed by atoms with van der Waals surface area (Å²) in [6, 6.07) is 2.22. The van der Waals surface area contributed by atoms with Crippen LogP contribution in [0.25, 0.3) is 0 Å². The molecule has 1 heterocycles. The molecule has 94 valence electrons. The highest BCUT2D eigenvalue weighted by Crippen LogP contribution is 2.26. The van der Waals surface area contributed by atoms with Crippen molar-refractivity contribution in [2.45, 2.75) is 45.3 Å². The fourth-order valence-corrected chi connectivity index (χ4v) is 2.16. The van der Waals surface area contributed by atoms with Gasteiger partial charge in [-0.15, -0.1) is 0 Å². The summed E-state index contributed by atoms with van der Waals surface area (Å²) in [6.45, 7) is 4.83. The van der Waals surface area contributed by atoms with Crippen LogP contribution in [0.4, 0.5) is 5.82 Å². The van der Waals surface area contributed by atoms with Gasteiger partial charge in [0.25, 0.3) is 0 Å². The number of nitrogens with zero attached hydrogens (tertiary/aromatic N) is 2. The Labute approximate surface area is 107 Å². The van der Waals surface area contributed by atoms with E-state index in [-0.39, 0.29) is 0 Å². The minimum Gasteiger partial charge on any atom is -0.378 e. The Bertz CT molecular complexity index is 380. The summed E-state index contributed by atoms with van der Waals surface area (Å²) in [5.74, 6) is 1.60. The number of rotatable bonds is 5. The summed E-state index contributed by atoms with van der Waals surface area (Å²) < 4.78 is 5.52. The van der Waals surface area contributed by atoms with E-state index in [1.165, 1.54) is 0 Å². The smallest absolute Gasteiger partial charge is 0.134 e. The van der Waals surface area contributed by atoms with E-state index in [1.54, 1.807) is 6.07 Å². The van der Waals surface area contributed by atoms with Crippen LogP contribution in [0, 0.1) is 0 Å². The average molecular weight is 256 g/mol. The number of hydrogen-bond donors (Lipinski definition) is 1. The summed E-state index contributed by atoms with van der Waals surface area (Å²) in [5, 5.41) is 3.87. The van der Waals surface area contributed by atoms with Gasteiger partial charge >= 0.3 is 0 Å². The Morgan fingerprint density at radius 1 is 1.41 bits per heavy atom. The number of halogens is 1. The van der Waals surface area contributed by atoms with Crippen LogP contribution in [0.2, 0.25) is 5.15 Å². The molecule has 1 N–H and O–H groups in total. The Hall–Kier alpha value is -0.870. The molecule has 0 atom stereocenters. The highest BCUT2D eigenvalue weighted by Gasteiger charge is 2.29. The van der Waals surface area contributed by atoms with Crippen LogP contribution in [-0.2, 0) is 11.2 Å². The first kappa shape index (κ1) is 12.6. The van der Waals surface area contributed by atoms with Gasteiger partial charge in [-0.25, -0.2) is 9.97 Å². The fourth-order valence-electron chi connectivity index (χ4n) is 1.96. The maximum atomic E-state index is 5.94. The van der Waals surface area contributed by atoms with Gasteiger partial charge in [-0.05, 0) is 19.8 Å². The number of hydrogen-bond acceptors (Lipinski definition) is 4. The largest absolute Gasteiger partial charge is 0.378 e. The number of aryl methyl sites for hydroxylation is 1. The quantitative estimate of drug-likeness (QED) is 0.822. The van der Waals surface area contributed by atoms with E-state index in [0.717, 1.165) is 37.5 Å². The molecular formula is C12H18ClN3O. The maximum Gasteiger partial charge on any atom is 0.134 e. The number of anilines is 1. The van der Waals surface area contributed by atoms with Crippen molar-refractivity contribution in [1.82, 2.24) is 9.97 Å². The van der Waals surface area contributed by atoms with Gasteiger partial charge in [0.05, 0.1) is 6.10 Å². The van der Waals surface area contributed by atoms with E-state index in [1.807, 2.05) is 13.8 Å². The van der Waals surface area contributed by atoms with Gasteiger partial charge in [0, 0.05) is 25.1 Å². The minimum atomic E-state index is 0.403. The van der Waals surface area contributed by atoms with Gasteiger partial charge in [0.15, 0.2) is 0 Å². The van der Waals surface area contributed by atoms with E-state index in [4.69, 9.17) is 16.3 Å². The molecule has 1 saturated carbocycles. The second kappa shape index (κ2) is 5.65. The Kier molecular flexibility index (Phi) is 4.18. The van der Waals surface area contributed by atoms with E-state index in [0.29, 0.717) is 17.3 Å². The lowest BCUT2D eigenvalue weighted by atomic mass is 9.89. The summed E-state index contributed by atoms with van der Waals surface area (Å²) in [4.78, 5) is 8.53. The molecule has 1 aromatic heterocycles. The fraction of sp³-hybridized carbons (Fsp3) is 0.667. The van der Waals surface area contributed by atoms with Crippen molar-refractivity contribution in [3.8, 4) is 0 Å². The van der Waals surface area contributed by atoms with Crippen molar-refractivity contribution in [2.24, 2.45) is 0 Å². The molecule has 4 nitrogen and oxygen atoms in total. The van der Waals surface area contributed by atoms with Crippen LogP contribution < -0.4 is 5.32 Å². The monoisotopic (exact) mass is 255 g/mol. The molecule has 1 aliphatic rings. The van der Waals surface area contributed by atoms with Crippen molar-refractivity contribution in [3.05, 3.63) is 17.0 Å². The zero-order valence-electron chi connectivity index (χ0n) is 10.2. The third-order valence-electron chi connectivity index (χ3n) is 2.91. The van der Waals surface area contributed by atoms with Crippen molar-refractivity contribution in [3.63, 3.8) is 0 Å². The van der Waals surface area contributed by atoms with E-state index >= 15 is 0 Å². The van der Waals surface area contributed by atoms with Gasteiger partial charge < -0.3 is 10.1 Å². The number of nitrogens with one attached hydrogen (secondary N) is 1. The van der Waals surface area contributed by atoms with Crippen LogP contribution >= 0.6 is 11.6 Å². The molecule has 0 unspecified atom stereocenters. The first-order chi connectivity index (χ1) is 8.21. The lowest BCUT2D eigenvalue weighted by Crippen LogP contribution is -2.41. The zero-order chi connectivity index (χ0) is 12.3. The lowest BCUT2D eigenvalue weighted by molar-refractivity contribution is 0.00292. The molecule has 5 heteroatoms. The first-order valence-electron chi connectivity index (χ1n) is 6.12. The molecular weight excluding hydrogens is 238 g/mol. The summed E-state index contributed by atoms with van der Waals surface area (Å²) >= 11 is 5.94. The van der Waals surface area contributed by atoms with Gasteiger partial charge in [-0.1, -0.05) is 18.5 Å². The molecule has 0 bridgehead atoms. The Balaban J connectivity index is 1.89. The Morgan fingerprint density at radius 3 is 2.82 bits per heavy atom. The van der Waals surface area contributed by atoms with E-state index in [9.17, 15) is 0 Å². The SMILES string of the molecule is CCOC1CC(Nc2cc(Cl)nc(CC)n2)C1. The number of aromatic nitrogens is 2. The maximum absolute atomic E-state index is 5.94. The van der Waals surface area contributed by atoms with Crippen LogP contribution in [0.5, 0.6) is 0 Å². The van der Waals surface area contributed by atoms with Gasteiger partial charge in [-0.3, -0.25) is 0 Å². The van der Waals surface area contributed by atoms with Gasteiger partial charge in [0.2, 0.25) is 0 Å². The lowest BCUT2D eigenvalue weighted by Gasteiger charge is -2.35. The topological polar surface area (TPSA) is 47.0 Å². The highest BCUT2D eigenvalue weighted by atomic mass is 35.5. The molecule has 0 radical (unpaired) electrons. The molecule has 17 heavy (non-hydrogen) atoms. The molecule has 0 aliphatic heterocycles. The summed E-state index contributed by atoms with van der Waals surface area (Å²) in [5.41, 5.74) is 0. The molecule has 1 aliphatic carbocycles. The molecule has 0 amide bonds. The van der Waals surface area contributed by atoms with Crippen molar-refractivity contribution < 1.29 is 4.74 Å². The highest BCUT2D eigenvalue weighted by molar-refractivity contribution is 6.29. The first-order valence-corrected chi connectivity index (χ1v) is 6.50. The third-order valence-corrected chi connectivity index (χ3v) is 3.10. The average Bonchev–Trinajstić information content (AvgIpc) is 2.25. The number of ether oxygens (including phenoxy) is 1. The molecule has 0 aromatic carbocycles. The van der Waals surface area contributed by atoms with Crippen LogP contribution in [0.1, 0.15) is 32.5 Å². The van der Waals surface area contributed by atoms with E-state index in [2.05, 4.69) is 15.3 Å². The zero-order valence-corrected chi connectivity index (χ0v) is 11.0. The van der Waals surface area contributed by atoms with E-state index < -0.39 is 0 Å². The predicted molar refractivity (Wildman–Crippen MR) is 68.5 cm³/mol. The second-order valence-electron chi connectivity index (χ2n) is 4.24. The standard InChI is InChI=1S/C12H18ClN3O/c1-3-11-15-10(13)7-12(16-11)14-8-5-9(6-8)17-4-2/h7-9H,3-6H2,1-2H3,(H,14,15,16). The summed E-state index contributed by atoms with van der Waals surface area (Å²) in [7, 11) is 0. The molecule has 0 spiro atoms. The van der Waals surface area contributed by atoms with Crippen LogP contribution in [0.15, 0.2) is 6.07 Å². The predicted octanol–water partition coefficient (Wildman–Crippen LogP) is 2.67. The third kappa shape index (κ3) is 3.30. The van der Waals surface area contributed by atoms with Crippen molar-refractivity contribution >= 4 is 17.4 Å². The molecule has 0 saturated heterocycles. The van der Waals surface area contributed by atoms with Gasteiger partial charge in [0.1, 0.15) is 16.8 Å². The minimum absolute atomic E-state index is 0.403.